The fourth-order valence-corrected chi connectivity index (χ4v) is 9.79. The van der Waals surface area contributed by atoms with Crippen molar-refractivity contribution in [1.29, 1.82) is 0 Å². The fraction of sp³-hybridized carbons (Fsp3) is 0.378. The van der Waals surface area contributed by atoms with Gasteiger partial charge >= 0.3 is 6.09 Å². The Labute approximate surface area is 310 Å². The molecule has 0 saturated heterocycles. The standard InChI is InChI=1S/C45H49NO5S/c1-4-51-43(49)46(28-34-15-9-14-32-12-5-7-16-36(32)34)29-45(50)24-22-39-37-21-19-31(25-35(47)20-18-30(2)11-10-23-44(39,45)3)26-38(37)42(48)41-27-33-13-6-8-17-40(33)52-41/h5-9,11-17,19,21,26-27,35,39,47,50H,4,10,18,20,22-25,28-29H2,1-3H3/t35-,39-,44-,45+/m0/s1. The zero-order valence-corrected chi connectivity index (χ0v) is 31.3. The van der Waals surface area contributed by atoms with Crippen molar-refractivity contribution >= 4 is 44.1 Å². The lowest BCUT2D eigenvalue weighted by Gasteiger charge is -2.46. The summed E-state index contributed by atoms with van der Waals surface area (Å²) in [7, 11) is 0. The molecule has 1 saturated carbocycles. The predicted molar refractivity (Wildman–Crippen MR) is 210 cm³/mol. The first-order valence-electron chi connectivity index (χ1n) is 18.7. The molecule has 2 N–H and O–H groups in total. The number of allylic oxidation sites excluding steroid dienone is 2. The van der Waals surface area contributed by atoms with Crippen LogP contribution < -0.4 is 0 Å². The van der Waals surface area contributed by atoms with Gasteiger partial charge in [0.1, 0.15) is 0 Å². The summed E-state index contributed by atoms with van der Waals surface area (Å²) in [6.07, 6.45) is 5.69. The van der Waals surface area contributed by atoms with Gasteiger partial charge in [-0.15, -0.1) is 11.3 Å². The van der Waals surface area contributed by atoms with Gasteiger partial charge in [-0.05, 0) is 116 Å². The smallest absolute Gasteiger partial charge is 0.410 e. The molecule has 4 atom stereocenters. The first-order valence-corrected chi connectivity index (χ1v) is 19.5. The average Bonchev–Trinajstić information content (AvgIpc) is 3.68. The molecule has 0 spiro atoms. The van der Waals surface area contributed by atoms with Crippen molar-refractivity contribution in [2.24, 2.45) is 5.41 Å². The number of ketones is 1. The van der Waals surface area contributed by atoms with E-state index in [0.717, 1.165) is 50.4 Å². The second-order valence-electron chi connectivity index (χ2n) is 15.1. The van der Waals surface area contributed by atoms with Crippen LogP contribution >= 0.6 is 11.3 Å². The van der Waals surface area contributed by atoms with Gasteiger partial charge < -0.3 is 19.8 Å². The highest BCUT2D eigenvalue weighted by Gasteiger charge is 2.57. The van der Waals surface area contributed by atoms with Crippen LogP contribution in [0.4, 0.5) is 4.79 Å². The Morgan fingerprint density at radius 3 is 2.52 bits per heavy atom. The maximum absolute atomic E-state index is 14.6. The predicted octanol–water partition coefficient (Wildman–Crippen LogP) is 9.98. The summed E-state index contributed by atoms with van der Waals surface area (Å²) < 4.78 is 6.68. The number of carbonyl (C=O) groups excluding carboxylic acids is 2. The minimum Gasteiger partial charge on any atom is -0.450 e. The van der Waals surface area contributed by atoms with E-state index in [9.17, 15) is 19.8 Å². The molecule has 1 amide bonds. The molecule has 0 aliphatic heterocycles. The molecule has 3 aliphatic rings. The third-order valence-corrected chi connectivity index (χ3v) is 12.9. The molecule has 0 unspecified atom stereocenters. The zero-order chi connectivity index (χ0) is 36.5. The molecule has 4 aromatic carbocycles. The van der Waals surface area contributed by atoms with Gasteiger partial charge in [0.2, 0.25) is 5.78 Å². The SMILES string of the molecule is CCOC(=O)N(Cc1cccc2ccccc12)C[C@]1(O)CC[C@H]2c3ccc(cc3C(=O)c3cc4ccccc4s3)C[C@@H](O)CCC(C)=CCC[C@@]21C. The van der Waals surface area contributed by atoms with Crippen molar-refractivity contribution in [2.75, 3.05) is 13.2 Å². The lowest BCUT2D eigenvalue weighted by molar-refractivity contribution is -0.0820. The molecule has 0 radical (unpaired) electrons. The van der Waals surface area contributed by atoms with Crippen LogP contribution in [0.5, 0.6) is 0 Å². The Hall–Kier alpha value is -4.30. The summed E-state index contributed by atoms with van der Waals surface area (Å²) in [5.74, 6) is -0.180. The van der Waals surface area contributed by atoms with Gasteiger partial charge in [-0.3, -0.25) is 4.79 Å². The monoisotopic (exact) mass is 715 g/mol. The number of ether oxygens (including phenoxy) is 1. The second kappa shape index (κ2) is 15.0. The van der Waals surface area contributed by atoms with Gasteiger partial charge in [0.25, 0.3) is 0 Å². The van der Waals surface area contributed by atoms with Crippen LogP contribution in [-0.2, 0) is 17.7 Å². The summed E-state index contributed by atoms with van der Waals surface area (Å²) >= 11 is 1.50. The number of hydrogen-bond donors (Lipinski definition) is 2. The number of fused-ring (bicyclic) bond motifs is 10. The number of aliphatic hydroxyl groups is 2. The van der Waals surface area contributed by atoms with Crippen molar-refractivity contribution < 1.29 is 24.5 Å². The molecule has 270 valence electrons. The number of benzene rings is 4. The molecule has 8 rings (SSSR count). The molecule has 5 aromatic rings. The summed E-state index contributed by atoms with van der Waals surface area (Å²) in [6, 6.07) is 30.4. The minimum atomic E-state index is -1.26. The van der Waals surface area contributed by atoms with Crippen LogP contribution in [-0.4, -0.2) is 51.8 Å². The van der Waals surface area contributed by atoms with Crippen LogP contribution in [0.3, 0.4) is 0 Å². The number of rotatable bonds is 7. The highest BCUT2D eigenvalue weighted by Crippen LogP contribution is 2.59. The second-order valence-corrected chi connectivity index (χ2v) is 16.2. The maximum Gasteiger partial charge on any atom is 0.410 e. The summed E-state index contributed by atoms with van der Waals surface area (Å²) in [4.78, 5) is 30.7. The molecule has 52 heavy (non-hydrogen) atoms. The van der Waals surface area contributed by atoms with E-state index >= 15 is 0 Å². The van der Waals surface area contributed by atoms with Crippen LogP contribution in [0, 0.1) is 5.41 Å². The Morgan fingerprint density at radius 1 is 0.942 bits per heavy atom. The van der Waals surface area contributed by atoms with Crippen molar-refractivity contribution in [3.63, 3.8) is 0 Å². The summed E-state index contributed by atoms with van der Waals surface area (Å²) in [5, 5.41) is 27.3. The Kier molecular flexibility index (Phi) is 10.4. The lowest BCUT2D eigenvalue weighted by atomic mass is 9.64. The van der Waals surface area contributed by atoms with Crippen LogP contribution in [0.1, 0.15) is 97.1 Å². The Bertz CT molecular complexity index is 2100. The number of amides is 1. The van der Waals surface area contributed by atoms with Crippen LogP contribution in [0.2, 0.25) is 0 Å². The van der Waals surface area contributed by atoms with Crippen molar-refractivity contribution in [3.05, 3.63) is 130 Å². The van der Waals surface area contributed by atoms with Crippen LogP contribution in [0.15, 0.2) is 103 Å². The average molecular weight is 716 g/mol. The van der Waals surface area contributed by atoms with E-state index in [1.165, 1.54) is 16.9 Å². The van der Waals surface area contributed by atoms with Crippen molar-refractivity contribution in [2.45, 2.75) is 89.9 Å². The van der Waals surface area contributed by atoms with Gasteiger partial charge in [0.05, 0.1) is 29.7 Å². The quantitative estimate of drug-likeness (QED) is 0.129. The van der Waals surface area contributed by atoms with E-state index in [-0.39, 0.29) is 24.9 Å². The van der Waals surface area contributed by atoms with Crippen molar-refractivity contribution in [1.82, 2.24) is 4.90 Å². The van der Waals surface area contributed by atoms with Gasteiger partial charge in [-0.1, -0.05) is 91.4 Å². The normalized spacial score (nSPS) is 23.6. The molecule has 7 heteroatoms. The summed E-state index contributed by atoms with van der Waals surface area (Å²) in [6.45, 7) is 6.72. The van der Waals surface area contributed by atoms with Gasteiger partial charge in [0.15, 0.2) is 0 Å². The fourth-order valence-electron chi connectivity index (χ4n) is 8.77. The minimum absolute atomic E-state index is 0.0303. The number of thiophene rings is 1. The van der Waals surface area contributed by atoms with E-state index in [0.29, 0.717) is 49.1 Å². The van der Waals surface area contributed by atoms with Crippen molar-refractivity contribution in [3.8, 4) is 0 Å². The van der Waals surface area contributed by atoms with E-state index in [1.807, 2.05) is 60.7 Å². The largest absolute Gasteiger partial charge is 0.450 e. The highest BCUT2D eigenvalue weighted by molar-refractivity contribution is 7.21. The van der Waals surface area contributed by atoms with E-state index in [4.69, 9.17) is 4.74 Å². The van der Waals surface area contributed by atoms with Gasteiger partial charge in [-0.25, -0.2) is 4.79 Å². The molecule has 6 nitrogen and oxygen atoms in total. The highest BCUT2D eigenvalue weighted by atomic mass is 32.1. The number of hydrogen-bond acceptors (Lipinski definition) is 6. The Balaban J connectivity index is 1.31. The van der Waals surface area contributed by atoms with Gasteiger partial charge in [-0.2, -0.15) is 0 Å². The van der Waals surface area contributed by atoms with E-state index < -0.39 is 23.2 Å². The first kappa shape index (κ1) is 36.1. The molecular formula is C45H49NO5S. The van der Waals surface area contributed by atoms with Crippen LogP contribution in [0.25, 0.3) is 20.9 Å². The van der Waals surface area contributed by atoms with E-state index in [2.05, 4.69) is 50.3 Å². The van der Waals surface area contributed by atoms with Gasteiger partial charge in [0, 0.05) is 22.2 Å². The topological polar surface area (TPSA) is 87.1 Å². The molecule has 2 bridgehead atoms. The molecule has 1 aromatic heterocycles. The molecule has 3 aliphatic carbocycles. The summed E-state index contributed by atoms with van der Waals surface area (Å²) in [5.41, 5.74) is 2.75. The lowest BCUT2D eigenvalue weighted by Crippen LogP contribution is -2.53. The molecular weight excluding hydrogens is 667 g/mol. The first-order chi connectivity index (χ1) is 25.1. The number of aliphatic hydroxyl groups excluding tert-OH is 1. The molecule has 1 fully saturated rings. The third kappa shape index (κ3) is 7.06. The number of carbonyl (C=O) groups is 2. The zero-order valence-electron chi connectivity index (χ0n) is 30.4. The van der Waals surface area contributed by atoms with E-state index in [1.54, 1.807) is 11.8 Å². The maximum atomic E-state index is 14.6. The third-order valence-electron chi connectivity index (χ3n) is 11.8. The number of nitrogens with zero attached hydrogens (tertiary/aromatic N) is 1. The Morgan fingerprint density at radius 2 is 1.71 bits per heavy atom. The molecule has 1 heterocycles.